The Labute approximate surface area is 682 Å². The highest BCUT2D eigenvalue weighted by atomic mass is 14.3. The first kappa shape index (κ1) is 67.2. The van der Waals surface area contributed by atoms with E-state index < -0.39 is 0 Å². The summed E-state index contributed by atoms with van der Waals surface area (Å²) in [5.74, 6) is 0. The Morgan fingerprint density at radius 3 is 0.627 bits per heavy atom. The van der Waals surface area contributed by atoms with Gasteiger partial charge in [-0.1, -0.05) is 388 Å². The van der Waals surface area contributed by atoms with E-state index in [0.29, 0.717) is 0 Å². The Morgan fingerprint density at radius 2 is 0.288 bits per heavy atom. The maximum atomic E-state index is 2.44. The van der Waals surface area contributed by atoms with Crippen LogP contribution in [0, 0.1) is 0 Å². The maximum absolute atomic E-state index is 2.44. The molecule has 0 bridgehead atoms. The average molecular weight is 1490 g/mol. The molecule has 0 aliphatic carbocycles. The Morgan fingerprint density at radius 1 is 0.0847 bits per heavy atom. The molecule has 0 nitrogen and oxygen atoms in total. The zero-order valence-corrected chi connectivity index (χ0v) is 64.6. The molecule has 25 aromatic carbocycles. The van der Waals surface area contributed by atoms with Crippen LogP contribution in [-0.2, 0) is 0 Å². The summed E-state index contributed by atoms with van der Waals surface area (Å²) in [6.07, 6.45) is 0. The summed E-state index contributed by atoms with van der Waals surface area (Å²) in [5, 5.41) is 40.9. The molecule has 25 aromatic rings. The third-order valence-electron chi connectivity index (χ3n) is 25.6. The summed E-state index contributed by atoms with van der Waals surface area (Å²) in [6.45, 7) is 0. The molecule has 0 aliphatic rings. The first-order valence-electron chi connectivity index (χ1n) is 41.1. The van der Waals surface area contributed by atoms with Gasteiger partial charge in [-0.25, -0.2) is 0 Å². The van der Waals surface area contributed by atoms with E-state index >= 15 is 0 Å². The topological polar surface area (TPSA) is 0 Å². The van der Waals surface area contributed by atoms with Gasteiger partial charge >= 0.3 is 0 Å². The summed E-state index contributed by atoms with van der Waals surface area (Å²) < 4.78 is 0. The molecule has 544 valence electrons. The second kappa shape index (κ2) is 27.2. The number of fused-ring (bicyclic) bond motifs is 24. The lowest BCUT2D eigenvalue weighted by atomic mass is 9.84. The molecular formula is C118H72. The van der Waals surface area contributed by atoms with E-state index in [-0.39, 0.29) is 0 Å². The quantitative estimate of drug-likeness (QED) is 0.110. The van der Waals surface area contributed by atoms with Gasteiger partial charge in [-0.05, 0) is 299 Å². The molecule has 0 atom stereocenters. The third kappa shape index (κ3) is 10.8. The number of benzene rings is 25. The van der Waals surface area contributed by atoms with Crippen molar-refractivity contribution >= 4 is 172 Å². The van der Waals surface area contributed by atoms with Gasteiger partial charge in [-0.3, -0.25) is 0 Å². The van der Waals surface area contributed by atoms with Gasteiger partial charge in [-0.15, -0.1) is 0 Å². The molecule has 25 rings (SSSR count). The third-order valence-corrected chi connectivity index (χ3v) is 25.6. The van der Waals surface area contributed by atoms with Crippen molar-refractivity contribution in [3.63, 3.8) is 0 Å². The lowest BCUT2D eigenvalue weighted by Gasteiger charge is -2.19. The lowest BCUT2D eigenvalue weighted by Crippen LogP contribution is -1.91. The van der Waals surface area contributed by atoms with Crippen LogP contribution in [0.3, 0.4) is 0 Å². The molecule has 0 unspecified atom stereocenters. The zero-order valence-electron chi connectivity index (χ0n) is 64.6. The van der Waals surface area contributed by atoms with E-state index in [2.05, 4.69) is 437 Å². The van der Waals surface area contributed by atoms with Crippen LogP contribution in [0.25, 0.3) is 250 Å². The van der Waals surface area contributed by atoms with Crippen LogP contribution < -0.4 is 0 Å². The molecule has 0 radical (unpaired) electrons. The number of hydrogen-bond donors (Lipinski definition) is 0. The number of rotatable bonds is 7. The smallest absolute Gasteiger partial charge is 0.00261 e. The first-order chi connectivity index (χ1) is 58.5. The molecule has 0 amide bonds. The minimum Gasteiger partial charge on any atom is -0.0616 e. The Balaban J connectivity index is 0.000000135. The summed E-state index contributed by atoms with van der Waals surface area (Å²) in [6, 6.07) is 162. The molecule has 0 heterocycles. The Bertz CT molecular complexity index is 8370. The standard InChI is InChI=1S/C62H38.C56H34/c1-2-14-47-43(13-1)37-59(52-19-7-3-15-48(47)52)41-29-25-39(26-30-41)42-31-27-40-28-32-44(36-46(40)35-42)61-55-21-9-11-23-57(55)62(58-24-12-10-22-56(58)61)45-33-34-54-51-18-5-4-16-49(51)50-17-6-8-20-53(50)60(54)38-45;1-2-14-41-36(13-1)33-53(46-19-7-3-15-42(41)46)37-27-25-35-26-28-38(32-40(35)31-37)55-49-21-9-11-23-51(49)56(52-24-12-10-22-50(52)55)39-29-30-48-45-18-5-4-16-43(45)44-17-6-8-20-47(44)54(48)34-39/h1-38H;1-34H. The van der Waals surface area contributed by atoms with E-state index in [4.69, 9.17) is 0 Å². The highest BCUT2D eigenvalue weighted by Crippen LogP contribution is 2.50. The lowest BCUT2D eigenvalue weighted by molar-refractivity contribution is 1.62. The van der Waals surface area contributed by atoms with Crippen molar-refractivity contribution in [3.8, 4) is 77.9 Å². The summed E-state index contributed by atoms with van der Waals surface area (Å²) in [4.78, 5) is 0. The zero-order chi connectivity index (χ0) is 77.5. The Kier molecular flexibility index (Phi) is 15.5. The highest BCUT2D eigenvalue weighted by Gasteiger charge is 2.23. The molecule has 0 N–H and O–H groups in total. The van der Waals surface area contributed by atoms with E-state index in [1.165, 1.54) is 250 Å². The second-order valence-electron chi connectivity index (χ2n) is 31.9. The molecule has 0 heteroatoms. The molecule has 0 saturated carbocycles. The van der Waals surface area contributed by atoms with E-state index in [9.17, 15) is 0 Å². The van der Waals surface area contributed by atoms with Crippen LogP contribution in [-0.4, -0.2) is 0 Å². The van der Waals surface area contributed by atoms with Crippen LogP contribution in [0.5, 0.6) is 0 Å². The van der Waals surface area contributed by atoms with E-state index in [0.717, 1.165) is 0 Å². The monoisotopic (exact) mass is 1490 g/mol. The highest BCUT2D eigenvalue weighted by molar-refractivity contribution is 6.30. The van der Waals surface area contributed by atoms with Crippen LogP contribution in [0.1, 0.15) is 0 Å². The van der Waals surface area contributed by atoms with Crippen molar-refractivity contribution in [2.24, 2.45) is 0 Å². The molecule has 118 heavy (non-hydrogen) atoms. The van der Waals surface area contributed by atoms with Gasteiger partial charge in [-0.2, -0.15) is 0 Å². The summed E-state index contributed by atoms with van der Waals surface area (Å²) in [7, 11) is 0. The van der Waals surface area contributed by atoms with Gasteiger partial charge in [0.05, 0.1) is 0 Å². The van der Waals surface area contributed by atoms with E-state index in [1.54, 1.807) is 0 Å². The molecule has 0 aromatic heterocycles. The van der Waals surface area contributed by atoms with Crippen LogP contribution in [0.15, 0.2) is 437 Å². The Hall–Kier alpha value is -15.3. The van der Waals surface area contributed by atoms with Crippen molar-refractivity contribution < 1.29 is 0 Å². The average Bonchev–Trinajstić information content (AvgIpc) is 0.728. The summed E-state index contributed by atoms with van der Waals surface area (Å²) in [5.41, 5.74) is 17.5. The largest absolute Gasteiger partial charge is 0.0616 e. The van der Waals surface area contributed by atoms with Crippen LogP contribution in [0.4, 0.5) is 0 Å². The van der Waals surface area contributed by atoms with Crippen molar-refractivity contribution in [2.45, 2.75) is 0 Å². The fourth-order valence-electron chi connectivity index (χ4n) is 20.2. The normalized spacial score (nSPS) is 11.9. The van der Waals surface area contributed by atoms with Gasteiger partial charge < -0.3 is 0 Å². The first-order valence-corrected chi connectivity index (χ1v) is 41.1. The number of hydrogen-bond acceptors (Lipinski definition) is 0. The van der Waals surface area contributed by atoms with Gasteiger partial charge in [0.25, 0.3) is 0 Å². The van der Waals surface area contributed by atoms with Crippen molar-refractivity contribution in [3.05, 3.63) is 437 Å². The van der Waals surface area contributed by atoms with Crippen molar-refractivity contribution in [2.75, 3.05) is 0 Å². The van der Waals surface area contributed by atoms with Gasteiger partial charge in [0.1, 0.15) is 0 Å². The molecular weight excluding hydrogens is 1420 g/mol. The molecule has 0 spiro atoms. The van der Waals surface area contributed by atoms with Crippen LogP contribution >= 0.6 is 0 Å². The minimum absolute atomic E-state index is 1.21. The predicted octanol–water partition coefficient (Wildman–Crippen LogP) is 33.5. The van der Waals surface area contributed by atoms with Crippen LogP contribution in [0.2, 0.25) is 0 Å². The van der Waals surface area contributed by atoms with Crippen molar-refractivity contribution in [1.82, 2.24) is 0 Å². The fraction of sp³-hybridized carbons (Fsp3) is 0. The molecule has 0 fully saturated rings. The van der Waals surface area contributed by atoms with Gasteiger partial charge in [0.2, 0.25) is 0 Å². The molecule has 0 saturated heterocycles. The molecule has 0 aliphatic heterocycles. The summed E-state index contributed by atoms with van der Waals surface area (Å²) >= 11 is 0. The predicted molar refractivity (Wildman–Crippen MR) is 511 cm³/mol. The van der Waals surface area contributed by atoms with Crippen molar-refractivity contribution in [1.29, 1.82) is 0 Å². The minimum atomic E-state index is 1.21. The van der Waals surface area contributed by atoms with Gasteiger partial charge in [0, 0.05) is 0 Å². The van der Waals surface area contributed by atoms with E-state index in [1.807, 2.05) is 0 Å². The second-order valence-corrected chi connectivity index (χ2v) is 31.9. The fourth-order valence-corrected chi connectivity index (χ4v) is 20.2. The van der Waals surface area contributed by atoms with Gasteiger partial charge in [0.15, 0.2) is 0 Å². The SMILES string of the molecule is c1ccc2c(c1)cc(-c1ccc(-c3ccc4ccc(-c5c6ccccc6c(-c6ccc7c8ccccc8c8ccccc8c7c6)c6ccccc56)cc4c3)cc1)c1ccccc12.c1ccc2c(c1)cc(-c1ccc3ccc(-c4c5ccccc5c(-c5ccc6c7ccccc7c7ccccc7c6c5)c5ccccc45)cc3c1)c1ccccc12. The maximum Gasteiger partial charge on any atom is -0.00261 e.